The highest BCUT2D eigenvalue weighted by molar-refractivity contribution is 8.00. The molecule has 1 unspecified atom stereocenters. The van der Waals surface area contributed by atoms with Crippen molar-refractivity contribution in [2.24, 2.45) is 0 Å². The minimum atomic E-state index is -1.17. The van der Waals surface area contributed by atoms with Gasteiger partial charge in [0.25, 0.3) is 5.91 Å². The van der Waals surface area contributed by atoms with E-state index in [1.54, 1.807) is 61.7 Å². The standard InChI is InChI=1S/C25H24N2O5S/c1-3-22(24(29)26-16-11-13-18(32-2)14-12-16)33-19-8-6-7-17(15-19)27-23(28)20-9-4-5-10-21(20)25(30)31/h4-15,22H,3H2,1-2H3,(H,26,29)(H,27,28)(H,30,31). The lowest BCUT2D eigenvalue weighted by atomic mass is 10.1. The SMILES string of the molecule is CCC(Sc1cccc(NC(=O)c2ccccc2C(=O)O)c1)C(=O)Nc1ccc(OC)cc1. The highest BCUT2D eigenvalue weighted by Crippen LogP contribution is 2.29. The fourth-order valence-corrected chi connectivity index (χ4v) is 4.11. The Hall–Kier alpha value is -3.78. The summed E-state index contributed by atoms with van der Waals surface area (Å²) in [5, 5.41) is 14.6. The number of nitrogens with one attached hydrogen (secondary N) is 2. The number of thioether (sulfide) groups is 1. The van der Waals surface area contributed by atoms with Crippen LogP contribution in [0.15, 0.2) is 77.7 Å². The van der Waals surface area contributed by atoms with Gasteiger partial charge in [0.1, 0.15) is 5.75 Å². The van der Waals surface area contributed by atoms with Crippen LogP contribution in [0.2, 0.25) is 0 Å². The van der Waals surface area contributed by atoms with Crippen molar-refractivity contribution in [1.82, 2.24) is 0 Å². The van der Waals surface area contributed by atoms with E-state index in [2.05, 4.69) is 10.6 Å². The minimum absolute atomic E-state index is 0.0678. The number of benzene rings is 3. The maximum Gasteiger partial charge on any atom is 0.336 e. The number of carbonyl (C=O) groups is 3. The number of rotatable bonds is 9. The quantitative estimate of drug-likeness (QED) is 0.378. The van der Waals surface area contributed by atoms with Gasteiger partial charge in [0.2, 0.25) is 5.91 Å². The molecule has 3 rings (SSSR count). The molecule has 3 aromatic rings. The summed E-state index contributed by atoms with van der Waals surface area (Å²) >= 11 is 1.39. The van der Waals surface area contributed by atoms with E-state index in [9.17, 15) is 19.5 Å². The molecule has 0 spiro atoms. The lowest BCUT2D eigenvalue weighted by Crippen LogP contribution is -2.24. The number of carbonyl (C=O) groups excluding carboxylic acids is 2. The Bertz CT molecular complexity index is 1150. The first-order chi connectivity index (χ1) is 15.9. The summed E-state index contributed by atoms with van der Waals surface area (Å²) < 4.78 is 5.13. The molecule has 0 aliphatic carbocycles. The monoisotopic (exact) mass is 464 g/mol. The summed E-state index contributed by atoms with van der Waals surface area (Å²) in [4.78, 5) is 37.6. The molecule has 0 heterocycles. The molecule has 0 saturated heterocycles. The van der Waals surface area contributed by atoms with Crippen LogP contribution in [0, 0.1) is 0 Å². The highest BCUT2D eigenvalue weighted by atomic mass is 32.2. The maximum absolute atomic E-state index is 12.8. The summed E-state index contributed by atoms with van der Waals surface area (Å²) in [6.45, 7) is 1.93. The molecule has 3 aromatic carbocycles. The molecule has 0 aliphatic rings. The molecule has 0 aromatic heterocycles. The van der Waals surface area contributed by atoms with Crippen LogP contribution in [0.1, 0.15) is 34.1 Å². The van der Waals surface area contributed by atoms with Crippen LogP contribution in [0.5, 0.6) is 5.75 Å². The van der Waals surface area contributed by atoms with Crippen LogP contribution in [0.25, 0.3) is 0 Å². The van der Waals surface area contributed by atoms with E-state index in [0.29, 0.717) is 23.5 Å². The highest BCUT2D eigenvalue weighted by Gasteiger charge is 2.19. The zero-order valence-electron chi connectivity index (χ0n) is 18.2. The van der Waals surface area contributed by atoms with E-state index in [1.807, 2.05) is 13.0 Å². The van der Waals surface area contributed by atoms with Crippen molar-refractivity contribution in [3.05, 3.63) is 83.9 Å². The Balaban J connectivity index is 1.68. The number of hydrogen-bond acceptors (Lipinski definition) is 5. The fourth-order valence-electron chi connectivity index (χ4n) is 3.10. The number of methoxy groups -OCH3 is 1. The number of hydrogen-bond donors (Lipinski definition) is 3. The molecule has 2 amide bonds. The average molecular weight is 465 g/mol. The second-order valence-corrected chi connectivity index (χ2v) is 8.34. The summed E-state index contributed by atoms with van der Waals surface area (Å²) in [5.41, 5.74) is 1.20. The van der Waals surface area contributed by atoms with E-state index in [4.69, 9.17) is 4.74 Å². The van der Waals surface area contributed by atoms with Gasteiger partial charge in [0.05, 0.1) is 23.5 Å². The van der Waals surface area contributed by atoms with Crippen LogP contribution in [-0.2, 0) is 4.79 Å². The van der Waals surface area contributed by atoms with Gasteiger partial charge in [-0.1, -0.05) is 25.1 Å². The summed E-state index contributed by atoms with van der Waals surface area (Å²) in [5.74, 6) is -1.10. The average Bonchev–Trinajstić information content (AvgIpc) is 2.83. The second kappa shape index (κ2) is 11.2. The fraction of sp³-hybridized carbons (Fsp3) is 0.160. The molecule has 7 nitrogen and oxygen atoms in total. The molecular weight excluding hydrogens is 440 g/mol. The van der Waals surface area contributed by atoms with Gasteiger partial charge >= 0.3 is 5.97 Å². The molecule has 0 bridgehead atoms. The third-order valence-electron chi connectivity index (χ3n) is 4.79. The van der Waals surface area contributed by atoms with Crippen LogP contribution in [0.3, 0.4) is 0 Å². The Kier molecular flexibility index (Phi) is 8.10. The Labute approximate surface area is 196 Å². The first kappa shape index (κ1) is 23.9. The predicted octanol–water partition coefficient (Wildman–Crippen LogP) is 5.16. The zero-order valence-corrected chi connectivity index (χ0v) is 19.0. The zero-order chi connectivity index (χ0) is 23.8. The van der Waals surface area contributed by atoms with Crippen LogP contribution >= 0.6 is 11.8 Å². The van der Waals surface area contributed by atoms with Crippen molar-refractivity contribution in [2.75, 3.05) is 17.7 Å². The topological polar surface area (TPSA) is 105 Å². The first-order valence-corrected chi connectivity index (χ1v) is 11.1. The molecule has 0 radical (unpaired) electrons. The van der Waals surface area contributed by atoms with Crippen molar-refractivity contribution in [2.45, 2.75) is 23.5 Å². The number of carboxylic acid groups (broad SMARTS) is 1. The predicted molar refractivity (Wildman–Crippen MR) is 129 cm³/mol. The maximum atomic E-state index is 12.8. The van der Waals surface area contributed by atoms with E-state index in [-0.39, 0.29) is 22.3 Å². The van der Waals surface area contributed by atoms with E-state index < -0.39 is 11.9 Å². The molecule has 8 heteroatoms. The Morgan fingerprint density at radius 1 is 0.909 bits per heavy atom. The third-order valence-corrected chi connectivity index (χ3v) is 6.15. The number of aromatic carboxylic acids is 1. The summed E-state index contributed by atoms with van der Waals surface area (Å²) in [6.07, 6.45) is 0.606. The van der Waals surface area contributed by atoms with Crippen LogP contribution in [0.4, 0.5) is 11.4 Å². The number of ether oxygens (including phenoxy) is 1. The van der Waals surface area contributed by atoms with Gasteiger partial charge in [0, 0.05) is 16.3 Å². The second-order valence-electron chi connectivity index (χ2n) is 7.07. The van der Waals surface area contributed by atoms with E-state index in [0.717, 1.165) is 4.90 Å². The van der Waals surface area contributed by atoms with Gasteiger partial charge in [0.15, 0.2) is 0 Å². The van der Waals surface area contributed by atoms with Gasteiger partial charge in [-0.2, -0.15) is 0 Å². The molecule has 0 fully saturated rings. The van der Waals surface area contributed by atoms with Gasteiger partial charge in [-0.25, -0.2) is 4.79 Å². The van der Waals surface area contributed by atoms with Gasteiger partial charge in [-0.05, 0) is 61.0 Å². The molecule has 33 heavy (non-hydrogen) atoms. The van der Waals surface area contributed by atoms with Gasteiger partial charge < -0.3 is 20.5 Å². The first-order valence-electron chi connectivity index (χ1n) is 10.3. The lowest BCUT2D eigenvalue weighted by molar-refractivity contribution is -0.115. The molecule has 3 N–H and O–H groups in total. The van der Waals surface area contributed by atoms with Crippen molar-refractivity contribution < 1.29 is 24.2 Å². The van der Waals surface area contributed by atoms with Crippen molar-refractivity contribution in [1.29, 1.82) is 0 Å². The smallest absolute Gasteiger partial charge is 0.336 e. The van der Waals surface area contributed by atoms with Gasteiger partial charge in [-0.15, -0.1) is 11.8 Å². The Morgan fingerprint density at radius 2 is 1.61 bits per heavy atom. The molecule has 0 aliphatic heterocycles. The van der Waals surface area contributed by atoms with Crippen LogP contribution in [-0.4, -0.2) is 35.2 Å². The van der Waals surface area contributed by atoms with Crippen LogP contribution < -0.4 is 15.4 Å². The van der Waals surface area contributed by atoms with E-state index >= 15 is 0 Å². The summed E-state index contributed by atoms with van der Waals surface area (Å²) in [7, 11) is 1.58. The summed E-state index contributed by atoms with van der Waals surface area (Å²) in [6, 6.07) is 20.2. The molecule has 1 atom stereocenters. The number of carboxylic acids is 1. The lowest BCUT2D eigenvalue weighted by Gasteiger charge is -2.16. The molecule has 0 saturated carbocycles. The van der Waals surface area contributed by atoms with Gasteiger partial charge in [-0.3, -0.25) is 9.59 Å². The number of amides is 2. The van der Waals surface area contributed by atoms with Crippen molar-refractivity contribution >= 4 is 40.9 Å². The van der Waals surface area contributed by atoms with Crippen molar-refractivity contribution in [3.63, 3.8) is 0 Å². The van der Waals surface area contributed by atoms with Crippen molar-refractivity contribution in [3.8, 4) is 5.75 Å². The normalized spacial score (nSPS) is 11.3. The third kappa shape index (κ3) is 6.36. The number of anilines is 2. The molecule has 170 valence electrons. The largest absolute Gasteiger partial charge is 0.497 e. The minimum Gasteiger partial charge on any atom is -0.497 e. The van der Waals surface area contributed by atoms with E-state index in [1.165, 1.54) is 23.9 Å². The Morgan fingerprint density at radius 3 is 2.24 bits per heavy atom. The molecular formula is C25H24N2O5S.